The topological polar surface area (TPSA) is 48.0 Å². The molecular weight excluding hydrogens is 342 g/mol. The van der Waals surface area contributed by atoms with Crippen molar-refractivity contribution in [2.24, 2.45) is 0 Å². The molecule has 0 aromatic heterocycles. The summed E-state index contributed by atoms with van der Waals surface area (Å²) in [5, 5.41) is 0.453. The molecule has 0 radical (unpaired) electrons. The van der Waals surface area contributed by atoms with Crippen LogP contribution in [0.15, 0.2) is 18.2 Å². The quantitative estimate of drug-likeness (QED) is 0.743. The second-order valence-electron chi connectivity index (χ2n) is 6.53. The number of morpholine rings is 1. The van der Waals surface area contributed by atoms with Crippen LogP contribution < -0.4 is 9.47 Å². The molecule has 138 valence electrons. The molecule has 0 spiro atoms. The van der Waals surface area contributed by atoms with Crippen LogP contribution in [0.2, 0.25) is 5.02 Å². The van der Waals surface area contributed by atoms with Gasteiger partial charge in [0.2, 0.25) is 5.91 Å². The fourth-order valence-electron chi connectivity index (χ4n) is 2.82. The number of carbonyl (C=O) groups excluding carboxylic acids is 1. The van der Waals surface area contributed by atoms with E-state index in [0.29, 0.717) is 29.6 Å². The summed E-state index contributed by atoms with van der Waals surface area (Å²) in [6, 6.07) is 3.56. The Hall–Kier alpha value is -1.72. The Morgan fingerprint density at radius 2 is 1.96 bits per heavy atom. The molecule has 2 atom stereocenters. The first-order valence-electron chi connectivity index (χ1n) is 8.46. The van der Waals surface area contributed by atoms with Gasteiger partial charge in [0.25, 0.3) is 0 Å². The third kappa shape index (κ3) is 5.38. The number of methoxy groups -OCH3 is 1. The third-order valence-electron chi connectivity index (χ3n) is 3.75. The molecule has 6 heteroatoms. The van der Waals surface area contributed by atoms with Gasteiger partial charge in [0.1, 0.15) is 0 Å². The molecule has 1 aliphatic heterocycles. The van der Waals surface area contributed by atoms with Crippen molar-refractivity contribution in [2.75, 3.05) is 20.2 Å². The van der Waals surface area contributed by atoms with Gasteiger partial charge < -0.3 is 19.1 Å². The van der Waals surface area contributed by atoms with E-state index in [1.54, 1.807) is 36.3 Å². The van der Waals surface area contributed by atoms with Crippen LogP contribution in [-0.2, 0) is 9.53 Å². The minimum atomic E-state index is -0.0420. The van der Waals surface area contributed by atoms with Crippen LogP contribution in [0.1, 0.15) is 33.3 Å². The van der Waals surface area contributed by atoms with Gasteiger partial charge in [0, 0.05) is 19.2 Å². The van der Waals surface area contributed by atoms with E-state index >= 15 is 0 Å². The van der Waals surface area contributed by atoms with E-state index in [2.05, 4.69) is 0 Å². The molecule has 0 aliphatic carbocycles. The minimum absolute atomic E-state index is 0.0142. The molecular formula is C19H26ClNO4. The van der Waals surface area contributed by atoms with E-state index < -0.39 is 0 Å². The van der Waals surface area contributed by atoms with E-state index in [1.807, 2.05) is 27.7 Å². The Balaban J connectivity index is 2.15. The zero-order valence-electron chi connectivity index (χ0n) is 15.4. The monoisotopic (exact) mass is 367 g/mol. The first-order valence-corrected chi connectivity index (χ1v) is 8.84. The highest BCUT2D eigenvalue weighted by Gasteiger charge is 2.24. The van der Waals surface area contributed by atoms with Crippen LogP contribution in [0.4, 0.5) is 0 Å². The summed E-state index contributed by atoms with van der Waals surface area (Å²) in [6.07, 6.45) is 3.37. The number of benzene rings is 1. The molecule has 1 saturated heterocycles. The summed E-state index contributed by atoms with van der Waals surface area (Å²) in [4.78, 5) is 14.2. The highest BCUT2D eigenvalue weighted by molar-refractivity contribution is 6.32. The molecule has 1 aromatic rings. The largest absolute Gasteiger partial charge is 0.493 e. The number of carbonyl (C=O) groups is 1. The van der Waals surface area contributed by atoms with E-state index in [1.165, 1.54) is 0 Å². The first-order chi connectivity index (χ1) is 11.8. The molecule has 2 unspecified atom stereocenters. The number of nitrogens with zero attached hydrogens (tertiary/aromatic N) is 1. The van der Waals surface area contributed by atoms with Crippen molar-refractivity contribution in [3.8, 4) is 11.5 Å². The SMILES string of the molecule is COc1cc(/C=C/C(=O)N2CC(C)OC(C)C2)cc(Cl)c1OC(C)C. The molecule has 0 N–H and O–H groups in total. The molecule has 5 nitrogen and oxygen atoms in total. The second-order valence-corrected chi connectivity index (χ2v) is 6.94. The fraction of sp³-hybridized carbons (Fsp3) is 0.526. The lowest BCUT2D eigenvalue weighted by atomic mass is 10.1. The van der Waals surface area contributed by atoms with Crippen molar-refractivity contribution in [1.29, 1.82) is 0 Å². The summed E-state index contributed by atoms with van der Waals surface area (Å²) >= 11 is 6.31. The van der Waals surface area contributed by atoms with Crippen molar-refractivity contribution in [3.05, 3.63) is 28.8 Å². The van der Waals surface area contributed by atoms with Gasteiger partial charge in [-0.2, -0.15) is 0 Å². The number of ether oxygens (including phenoxy) is 3. The molecule has 2 rings (SSSR count). The van der Waals surface area contributed by atoms with Crippen LogP contribution >= 0.6 is 11.6 Å². The fourth-order valence-corrected chi connectivity index (χ4v) is 3.08. The third-order valence-corrected chi connectivity index (χ3v) is 4.04. The zero-order valence-corrected chi connectivity index (χ0v) is 16.2. The summed E-state index contributed by atoms with van der Waals surface area (Å²) in [5.74, 6) is 1.01. The Kier molecular flexibility index (Phi) is 6.73. The summed E-state index contributed by atoms with van der Waals surface area (Å²) in [7, 11) is 1.56. The lowest BCUT2D eigenvalue weighted by Gasteiger charge is -2.34. The highest BCUT2D eigenvalue weighted by Crippen LogP contribution is 2.37. The molecule has 0 saturated carbocycles. The maximum absolute atomic E-state index is 12.4. The number of rotatable bonds is 5. The summed E-state index contributed by atoms with van der Waals surface area (Å²) in [6.45, 7) is 8.98. The predicted molar refractivity (Wildman–Crippen MR) is 99.4 cm³/mol. The summed E-state index contributed by atoms with van der Waals surface area (Å²) in [5.41, 5.74) is 0.778. The lowest BCUT2D eigenvalue weighted by molar-refractivity contribution is -0.137. The molecule has 1 aliphatic rings. The average Bonchev–Trinajstić information content (AvgIpc) is 2.53. The maximum Gasteiger partial charge on any atom is 0.246 e. The minimum Gasteiger partial charge on any atom is -0.493 e. The van der Waals surface area contributed by atoms with E-state index in [-0.39, 0.29) is 24.2 Å². The first kappa shape index (κ1) is 19.6. The van der Waals surface area contributed by atoms with E-state index in [9.17, 15) is 4.79 Å². The van der Waals surface area contributed by atoms with Crippen molar-refractivity contribution in [2.45, 2.75) is 46.0 Å². The van der Waals surface area contributed by atoms with Crippen molar-refractivity contribution < 1.29 is 19.0 Å². The van der Waals surface area contributed by atoms with E-state index in [4.69, 9.17) is 25.8 Å². The van der Waals surface area contributed by atoms with Gasteiger partial charge >= 0.3 is 0 Å². The van der Waals surface area contributed by atoms with Gasteiger partial charge in [0.15, 0.2) is 11.5 Å². The molecule has 1 aromatic carbocycles. The van der Waals surface area contributed by atoms with Crippen LogP contribution in [0.5, 0.6) is 11.5 Å². The Bertz CT molecular complexity index is 635. The van der Waals surface area contributed by atoms with Crippen LogP contribution in [0.3, 0.4) is 0 Å². The standard InChI is InChI=1S/C19H26ClNO4/c1-12(2)24-19-16(20)8-15(9-17(19)23-5)6-7-18(22)21-10-13(3)25-14(4)11-21/h6-9,12-14H,10-11H2,1-5H3/b7-6+. The Morgan fingerprint density at radius 3 is 2.52 bits per heavy atom. The van der Waals surface area contributed by atoms with Gasteiger partial charge in [-0.3, -0.25) is 4.79 Å². The predicted octanol–water partition coefficient (Wildman–Crippen LogP) is 3.78. The number of hydrogen-bond donors (Lipinski definition) is 0. The van der Waals surface area contributed by atoms with E-state index in [0.717, 1.165) is 5.56 Å². The normalized spacial score (nSPS) is 21.0. The molecule has 0 bridgehead atoms. The maximum atomic E-state index is 12.4. The lowest BCUT2D eigenvalue weighted by Crippen LogP contribution is -2.47. The number of amides is 1. The summed E-state index contributed by atoms with van der Waals surface area (Å²) < 4.78 is 16.7. The van der Waals surface area contributed by atoms with Crippen LogP contribution in [0.25, 0.3) is 6.08 Å². The Labute approximate surface area is 154 Å². The zero-order chi connectivity index (χ0) is 18.6. The highest BCUT2D eigenvalue weighted by atomic mass is 35.5. The van der Waals surface area contributed by atoms with Gasteiger partial charge in [-0.1, -0.05) is 11.6 Å². The molecule has 1 fully saturated rings. The number of hydrogen-bond acceptors (Lipinski definition) is 4. The van der Waals surface area contributed by atoms with Crippen LogP contribution in [0, 0.1) is 0 Å². The van der Waals surface area contributed by atoms with Gasteiger partial charge in [-0.25, -0.2) is 0 Å². The van der Waals surface area contributed by atoms with Gasteiger partial charge in [-0.15, -0.1) is 0 Å². The van der Waals surface area contributed by atoms with Crippen molar-refractivity contribution >= 4 is 23.6 Å². The van der Waals surface area contributed by atoms with Crippen molar-refractivity contribution in [1.82, 2.24) is 4.90 Å². The number of halogens is 1. The molecule has 1 amide bonds. The molecule has 25 heavy (non-hydrogen) atoms. The molecule has 1 heterocycles. The van der Waals surface area contributed by atoms with Crippen molar-refractivity contribution in [3.63, 3.8) is 0 Å². The van der Waals surface area contributed by atoms with Gasteiger partial charge in [-0.05, 0) is 51.5 Å². The van der Waals surface area contributed by atoms with Crippen LogP contribution in [-0.4, -0.2) is 49.3 Å². The Morgan fingerprint density at radius 1 is 1.32 bits per heavy atom. The van der Waals surface area contributed by atoms with Gasteiger partial charge in [0.05, 0.1) is 30.4 Å². The smallest absolute Gasteiger partial charge is 0.246 e. The second kappa shape index (κ2) is 8.59. The average molecular weight is 368 g/mol.